The Labute approximate surface area is 103 Å². The molecule has 0 spiro atoms. The maximum Gasteiger partial charge on any atom is 0.319 e. The molecule has 0 aliphatic carbocycles. The molecule has 2 N–H and O–H groups in total. The van der Waals surface area contributed by atoms with E-state index in [1.54, 1.807) is 0 Å². The van der Waals surface area contributed by atoms with Crippen LogP contribution < -0.4 is 5.73 Å². The van der Waals surface area contributed by atoms with E-state index >= 15 is 0 Å². The minimum atomic E-state index is -0.163. The topological polar surface area (TPSA) is 55.6 Å². The zero-order valence-corrected chi connectivity index (χ0v) is 10.8. The van der Waals surface area contributed by atoms with E-state index in [1.165, 1.54) is 7.11 Å². The number of esters is 1. The van der Waals surface area contributed by atoms with E-state index in [0.29, 0.717) is 6.54 Å². The van der Waals surface area contributed by atoms with Crippen molar-refractivity contribution < 1.29 is 9.53 Å². The number of methoxy groups -OCH3 is 1. The third-order valence-electron chi connectivity index (χ3n) is 2.27. The van der Waals surface area contributed by atoms with E-state index in [2.05, 4.69) is 4.74 Å². The average Bonchev–Trinajstić information content (AvgIpc) is 2.37. The molecule has 4 heteroatoms. The number of carbonyl (C=O) groups is 1. The van der Waals surface area contributed by atoms with Gasteiger partial charge >= 0.3 is 5.97 Å². The number of rotatable bonds is 4. The van der Waals surface area contributed by atoms with Gasteiger partial charge in [0.1, 0.15) is 0 Å². The lowest BCUT2D eigenvalue weighted by atomic mass is 10.3. The maximum atomic E-state index is 10.7. The lowest BCUT2D eigenvalue weighted by Crippen LogP contribution is -2.29. The molecule has 0 amide bonds. The molecule has 0 aliphatic rings. The number of nitrogens with two attached hydrogens (primary N) is 1. The molecule has 4 nitrogen and oxygen atoms in total. The van der Waals surface area contributed by atoms with E-state index in [0.717, 1.165) is 18.8 Å². The van der Waals surface area contributed by atoms with Crippen LogP contribution in [0.25, 0.3) is 0 Å². The van der Waals surface area contributed by atoms with E-state index in [9.17, 15) is 4.79 Å². The number of likely N-dealkylation sites (N-methyl/N-ethyl adjacent to an activating group) is 1. The summed E-state index contributed by atoms with van der Waals surface area (Å²) in [5.74, 6) is -0.163. The van der Waals surface area contributed by atoms with Crippen molar-refractivity contribution in [2.75, 3.05) is 32.5 Å². The summed E-state index contributed by atoms with van der Waals surface area (Å²) < 4.78 is 4.50. The van der Waals surface area contributed by atoms with Gasteiger partial charge in [0.15, 0.2) is 0 Å². The van der Waals surface area contributed by atoms with Crippen LogP contribution in [0.2, 0.25) is 0 Å². The van der Waals surface area contributed by atoms with Crippen LogP contribution in [0.1, 0.15) is 13.8 Å². The smallest absolute Gasteiger partial charge is 0.319 e. The van der Waals surface area contributed by atoms with Crippen molar-refractivity contribution >= 4 is 11.7 Å². The third kappa shape index (κ3) is 8.28. The van der Waals surface area contributed by atoms with Crippen molar-refractivity contribution in [2.24, 2.45) is 0 Å². The molecule has 0 radical (unpaired) electrons. The van der Waals surface area contributed by atoms with Crippen LogP contribution in [0.5, 0.6) is 0 Å². The molecular formula is C13H22N2O2. The standard InChI is InChI=1S/C7H15NO2.C6H7N/c1-4-8(5-2)6-7(9)10-3;7-6-4-2-1-3-5-6/h4-6H2,1-3H3;1-5H,7H2. The van der Waals surface area contributed by atoms with Crippen LogP contribution in [0.4, 0.5) is 5.69 Å². The van der Waals surface area contributed by atoms with Crippen LogP contribution in [0, 0.1) is 0 Å². The first kappa shape index (κ1) is 15.4. The highest BCUT2D eigenvalue weighted by molar-refractivity contribution is 5.71. The van der Waals surface area contributed by atoms with Gasteiger partial charge in [0.25, 0.3) is 0 Å². The second kappa shape index (κ2) is 9.66. The second-order valence-corrected chi connectivity index (χ2v) is 3.45. The summed E-state index contributed by atoms with van der Waals surface area (Å²) >= 11 is 0. The monoisotopic (exact) mass is 238 g/mol. The number of anilines is 1. The number of ether oxygens (including phenoxy) is 1. The zero-order valence-electron chi connectivity index (χ0n) is 10.8. The molecule has 1 aromatic carbocycles. The molecule has 0 atom stereocenters. The van der Waals surface area contributed by atoms with E-state index < -0.39 is 0 Å². The van der Waals surface area contributed by atoms with Crippen molar-refractivity contribution in [3.63, 3.8) is 0 Å². The molecule has 0 aromatic heterocycles. The Bertz CT molecular complexity index is 298. The number of nitrogen functional groups attached to an aromatic ring is 1. The first-order chi connectivity index (χ1) is 8.13. The van der Waals surface area contributed by atoms with Crippen molar-refractivity contribution in [1.82, 2.24) is 4.90 Å². The molecule has 1 rings (SSSR count). The molecule has 0 heterocycles. The molecule has 0 bridgehead atoms. The van der Waals surface area contributed by atoms with Crippen LogP contribution in [-0.2, 0) is 9.53 Å². The molecule has 17 heavy (non-hydrogen) atoms. The first-order valence-corrected chi connectivity index (χ1v) is 5.73. The number of nitrogens with zero attached hydrogens (tertiary/aromatic N) is 1. The minimum absolute atomic E-state index is 0.163. The zero-order chi connectivity index (χ0) is 13.1. The van der Waals surface area contributed by atoms with Crippen molar-refractivity contribution in [1.29, 1.82) is 0 Å². The Hall–Kier alpha value is -1.55. The Morgan fingerprint density at radius 3 is 2.06 bits per heavy atom. The van der Waals surface area contributed by atoms with Gasteiger partial charge in [-0.15, -0.1) is 0 Å². The Balaban J connectivity index is 0.000000318. The predicted molar refractivity (Wildman–Crippen MR) is 70.7 cm³/mol. The molecule has 96 valence electrons. The molecule has 0 unspecified atom stereocenters. The van der Waals surface area contributed by atoms with Gasteiger partial charge in [-0.2, -0.15) is 0 Å². The van der Waals surface area contributed by atoms with Crippen LogP contribution in [-0.4, -0.2) is 37.6 Å². The summed E-state index contributed by atoms with van der Waals surface area (Å²) in [4.78, 5) is 12.7. The highest BCUT2D eigenvalue weighted by atomic mass is 16.5. The highest BCUT2D eigenvalue weighted by Crippen LogP contribution is 1.95. The lowest BCUT2D eigenvalue weighted by Gasteiger charge is -2.15. The molecule has 0 aliphatic heterocycles. The summed E-state index contributed by atoms with van der Waals surface area (Å²) in [7, 11) is 1.41. The first-order valence-electron chi connectivity index (χ1n) is 5.73. The van der Waals surface area contributed by atoms with Crippen LogP contribution >= 0.6 is 0 Å². The van der Waals surface area contributed by atoms with E-state index in [-0.39, 0.29) is 5.97 Å². The predicted octanol–water partition coefficient (Wildman–Crippen LogP) is 1.77. The largest absolute Gasteiger partial charge is 0.468 e. The van der Waals surface area contributed by atoms with Crippen molar-refractivity contribution in [2.45, 2.75) is 13.8 Å². The fourth-order valence-electron chi connectivity index (χ4n) is 1.15. The third-order valence-corrected chi connectivity index (χ3v) is 2.27. The number of para-hydroxylation sites is 1. The molecular weight excluding hydrogens is 216 g/mol. The number of benzene rings is 1. The lowest BCUT2D eigenvalue weighted by molar-refractivity contribution is -0.141. The van der Waals surface area contributed by atoms with E-state index in [1.807, 2.05) is 49.1 Å². The number of hydrogen-bond donors (Lipinski definition) is 1. The average molecular weight is 238 g/mol. The van der Waals surface area contributed by atoms with Gasteiger partial charge in [-0.25, -0.2) is 0 Å². The molecule has 0 fully saturated rings. The van der Waals surface area contributed by atoms with Crippen molar-refractivity contribution in [3.05, 3.63) is 30.3 Å². The van der Waals surface area contributed by atoms with Gasteiger partial charge in [0, 0.05) is 5.69 Å². The minimum Gasteiger partial charge on any atom is -0.468 e. The summed E-state index contributed by atoms with van der Waals surface area (Å²) in [6, 6.07) is 9.49. The summed E-state index contributed by atoms with van der Waals surface area (Å²) in [5, 5.41) is 0. The van der Waals surface area contributed by atoms with Gasteiger partial charge in [-0.05, 0) is 25.2 Å². The Kier molecular flexibility index (Phi) is 8.78. The van der Waals surface area contributed by atoms with Gasteiger partial charge in [0.05, 0.1) is 13.7 Å². The number of carbonyl (C=O) groups excluding carboxylic acids is 1. The van der Waals surface area contributed by atoms with E-state index in [4.69, 9.17) is 5.73 Å². The summed E-state index contributed by atoms with van der Waals surface area (Å²) in [6.07, 6.45) is 0. The fourth-order valence-corrected chi connectivity index (χ4v) is 1.15. The summed E-state index contributed by atoms with van der Waals surface area (Å²) in [5.41, 5.74) is 6.18. The normalized spacial score (nSPS) is 9.41. The Morgan fingerprint density at radius 1 is 1.24 bits per heavy atom. The second-order valence-electron chi connectivity index (χ2n) is 3.45. The van der Waals surface area contributed by atoms with Gasteiger partial charge in [0.2, 0.25) is 0 Å². The fraction of sp³-hybridized carbons (Fsp3) is 0.462. The van der Waals surface area contributed by atoms with Crippen LogP contribution in [0.3, 0.4) is 0 Å². The Morgan fingerprint density at radius 2 is 1.76 bits per heavy atom. The van der Waals surface area contributed by atoms with Crippen molar-refractivity contribution in [3.8, 4) is 0 Å². The highest BCUT2D eigenvalue weighted by Gasteiger charge is 2.05. The SMILES string of the molecule is CCN(CC)CC(=O)OC.Nc1ccccc1. The van der Waals surface area contributed by atoms with Gasteiger partial charge in [-0.3, -0.25) is 9.69 Å². The van der Waals surface area contributed by atoms with Gasteiger partial charge < -0.3 is 10.5 Å². The maximum absolute atomic E-state index is 10.7. The molecule has 0 saturated carbocycles. The van der Waals surface area contributed by atoms with Gasteiger partial charge in [-0.1, -0.05) is 32.0 Å². The molecule has 0 saturated heterocycles. The summed E-state index contributed by atoms with van der Waals surface area (Å²) in [6.45, 7) is 6.24. The molecule has 1 aromatic rings. The van der Waals surface area contributed by atoms with Crippen LogP contribution in [0.15, 0.2) is 30.3 Å². The quantitative estimate of drug-likeness (QED) is 0.641. The number of hydrogen-bond acceptors (Lipinski definition) is 4.